The lowest BCUT2D eigenvalue weighted by molar-refractivity contribution is -0.189. The highest BCUT2D eigenvalue weighted by Crippen LogP contribution is 2.45. The van der Waals surface area contributed by atoms with Crippen molar-refractivity contribution < 1.29 is 27.4 Å². The first-order chi connectivity index (χ1) is 14.7. The average molecular weight is 428 g/mol. The van der Waals surface area contributed by atoms with E-state index in [4.69, 9.17) is 4.74 Å². The Kier molecular flexibility index (Phi) is 5.10. The van der Waals surface area contributed by atoms with Gasteiger partial charge in [0, 0.05) is 23.1 Å². The standard InChI is InChI=1S/C23H16F4N2O2/c1-22(30,17-9-7-15(24)12-18(17)25)23(26,27)20-10-8-16(13-28-20)31-21-11-6-14-4-2-3-5-19(14)29-21/h2-13,30H,1H3. The lowest BCUT2D eigenvalue weighted by Crippen LogP contribution is -2.42. The van der Waals surface area contributed by atoms with Crippen molar-refractivity contribution in [3.8, 4) is 11.6 Å². The number of pyridine rings is 2. The van der Waals surface area contributed by atoms with Crippen molar-refractivity contribution in [1.82, 2.24) is 9.97 Å². The zero-order valence-corrected chi connectivity index (χ0v) is 16.2. The molecule has 0 aliphatic rings. The van der Waals surface area contributed by atoms with Gasteiger partial charge >= 0.3 is 5.92 Å². The lowest BCUT2D eigenvalue weighted by Gasteiger charge is -2.32. The molecule has 8 heteroatoms. The second-order valence-electron chi connectivity index (χ2n) is 7.09. The summed E-state index contributed by atoms with van der Waals surface area (Å²) in [6, 6.07) is 15.0. The Balaban J connectivity index is 1.59. The number of para-hydroxylation sites is 1. The van der Waals surface area contributed by atoms with Gasteiger partial charge in [-0.25, -0.2) is 13.8 Å². The van der Waals surface area contributed by atoms with Crippen LogP contribution in [0.4, 0.5) is 17.6 Å². The Morgan fingerprint density at radius 1 is 0.935 bits per heavy atom. The molecule has 0 aliphatic heterocycles. The molecule has 4 aromatic rings. The number of aliphatic hydroxyl groups is 1. The predicted octanol–water partition coefficient (Wildman–Crippen LogP) is 5.70. The van der Waals surface area contributed by atoms with Crippen LogP contribution >= 0.6 is 0 Å². The van der Waals surface area contributed by atoms with E-state index in [0.29, 0.717) is 11.6 Å². The number of hydrogen-bond acceptors (Lipinski definition) is 4. The van der Waals surface area contributed by atoms with Crippen molar-refractivity contribution in [3.05, 3.63) is 95.8 Å². The summed E-state index contributed by atoms with van der Waals surface area (Å²) in [5.74, 6) is -5.81. The van der Waals surface area contributed by atoms with Crippen molar-refractivity contribution in [2.24, 2.45) is 0 Å². The fourth-order valence-corrected chi connectivity index (χ4v) is 3.15. The highest BCUT2D eigenvalue weighted by Gasteiger charge is 2.54. The van der Waals surface area contributed by atoms with Crippen molar-refractivity contribution in [2.45, 2.75) is 18.4 Å². The van der Waals surface area contributed by atoms with Crippen LogP contribution in [0, 0.1) is 11.6 Å². The minimum atomic E-state index is -3.98. The normalized spacial score (nSPS) is 13.7. The van der Waals surface area contributed by atoms with E-state index in [1.165, 1.54) is 6.07 Å². The monoisotopic (exact) mass is 428 g/mol. The van der Waals surface area contributed by atoms with Gasteiger partial charge in [0.1, 0.15) is 23.1 Å². The van der Waals surface area contributed by atoms with Gasteiger partial charge in [-0.2, -0.15) is 8.78 Å². The van der Waals surface area contributed by atoms with E-state index in [9.17, 15) is 13.9 Å². The van der Waals surface area contributed by atoms with Crippen molar-refractivity contribution >= 4 is 10.9 Å². The summed E-state index contributed by atoms with van der Waals surface area (Å²) in [6.45, 7) is 0.744. The fraction of sp³-hybridized carbons (Fsp3) is 0.130. The maximum Gasteiger partial charge on any atom is 0.321 e. The number of nitrogens with zero attached hydrogens (tertiary/aromatic N) is 2. The van der Waals surface area contributed by atoms with Gasteiger partial charge in [-0.05, 0) is 37.3 Å². The minimum Gasteiger partial charge on any atom is -0.437 e. The quantitative estimate of drug-likeness (QED) is 0.415. The summed E-state index contributed by atoms with van der Waals surface area (Å²) in [6.07, 6.45) is 1.05. The number of rotatable bonds is 5. The van der Waals surface area contributed by atoms with E-state index in [1.807, 2.05) is 24.3 Å². The lowest BCUT2D eigenvalue weighted by atomic mass is 9.86. The van der Waals surface area contributed by atoms with Gasteiger partial charge in [-0.3, -0.25) is 4.98 Å². The molecule has 1 unspecified atom stereocenters. The van der Waals surface area contributed by atoms with Crippen molar-refractivity contribution in [1.29, 1.82) is 0 Å². The number of aromatic nitrogens is 2. The van der Waals surface area contributed by atoms with Crippen LogP contribution in [-0.2, 0) is 11.5 Å². The van der Waals surface area contributed by atoms with E-state index in [2.05, 4.69) is 9.97 Å². The molecule has 0 bridgehead atoms. The Morgan fingerprint density at radius 2 is 1.71 bits per heavy atom. The van der Waals surface area contributed by atoms with Crippen molar-refractivity contribution in [2.75, 3.05) is 0 Å². The zero-order valence-electron chi connectivity index (χ0n) is 16.2. The van der Waals surface area contributed by atoms with Gasteiger partial charge in [0.2, 0.25) is 5.88 Å². The van der Waals surface area contributed by atoms with Gasteiger partial charge < -0.3 is 9.84 Å². The Labute approximate surface area is 174 Å². The third kappa shape index (κ3) is 3.82. The maximum atomic E-state index is 15.0. The van der Waals surface area contributed by atoms with Gasteiger partial charge in [-0.1, -0.05) is 24.3 Å². The van der Waals surface area contributed by atoms with Crippen molar-refractivity contribution in [3.63, 3.8) is 0 Å². The Hall–Kier alpha value is -3.52. The summed E-state index contributed by atoms with van der Waals surface area (Å²) in [5, 5.41) is 11.4. The number of hydrogen-bond donors (Lipinski definition) is 1. The molecule has 2 aromatic heterocycles. The summed E-state index contributed by atoms with van der Waals surface area (Å²) in [4.78, 5) is 8.02. The summed E-state index contributed by atoms with van der Waals surface area (Å²) in [5.41, 5.74) is -3.82. The van der Waals surface area contributed by atoms with E-state index in [-0.39, 0.29) is 11.6 Å². The smallest absolute Gasteiger partial charge is 0.321 e. The van der Waals surface area contributed by atoms with Crippen LogP contribution in [0.3, 0.4) is 0 Å². The van der Waals surface area contributed by atoms with E-state index >= 15 is 8.78 Å². The third-order valence-corrected chi connectivity index (χ3v) is 4.92. The van der Waals surface area contributed by atoms with Crippen LogP contribution in [0.2, 0.25) is 0 Å². The van der Waals surface area contributed by atoms with Crippen LogP contribution < -0.4 is 4.74 Å². The molecule has 0 spiro atoms. The van der Waals surface area contributed by atoms with Crippen LogP contribution in [0.25, 0.3) is 10.9 Å². The molecule has 0 fully saturated rings. The van der Waals surface area contributed by atoms with Crippen LogP contribution in [0.1, 0.15) is 18.2 Å². The molecule has 1 atom stereocenters. The molecule has 4 rings (SSSR count). The largest absolute Gasteiger partial charge is 0.437 e. The van der Waals surface area contributed by atoms with Gasteiger partial charge in [0.05, 0.1) is 11.7 Å². The minimum absolute atomic E-state index is 0.148. The first-order valence-corrected chi connectivity index (χ1v) is 9.24. The highest BCUT2D eigenvalue weighted by molar-refractivity contribution is 5.78. The molecule has 0 aliphatic carbocycles. The zero-order chi connectivity index (χ0) is 22.2. The SMILES string of the molecule is CC(O)(c1ccc(F)cc1F)C(F)(F)c1ccc(Oc2ccc3ccccc3n2)cn1. The van der Waals surface area contributed by atoms with Crippen LogP contribution in [0.15, 0.2) is 72.9 Å². The fourth-order valence-electron chi connectivity index (χ4n) is 3.15. The number of benzene rings is 2. The molecular weight excluding hydrogens is 412 g/mol. The number of fused-ring (bicyclic) bond motifs is 1. The van der Waals surface area contributed by atoms with Gasteiger partial charge in [0.15, 0.2) is 5.60 Å². The topological polar surface area (TPSA) is 55.2 Å². The molecule has 4 nitrogen and oxygen atoms in total. The highest BCUT2D eigenvalue weighted by atomic mass is 19.3. The average Bonchev–Trinajstić information content (AvgIpc) is 2.73. The number of halogens is 4. The molecular formula is C23H16F4N2O2. The Bertz CT molecular complexity index is 1240. The van der Waals surface area contributed by atoms with Crippen LogP contribution in [-0.4, -0.2) is 15.1 Å². The van der Waals surface area contributed by atoms with Gasteiger partial charge in [0.25, 0.3) is 0 Å². The second kappa shape index (κ2) is 7.63. The molecule has 0 radical (unpaired) electrons. The first kappa shape index (κ1) is 20.7. The summed E-state index contributed by atoms with van der Waals surface area (Å²) in [7, 11) is 0. The predicted molar refractivity (Wildman–Crippen MR) is 106 cm³/mol. The third-order valence-electron chi connectivity index (χ3n) is 4.92. The number of alkyl halides is 2. The van der Waals surface area contributed by atoms with E-state index in [1.54, 1.807) is 12.1 Å². The molecule has 0 saturated heterocycles. The molecule has 0 amide bonds. The number of ether oxygens (including phenoxy) is 1. The Morgan fingerprint density at radius 3 is 2.42 bits per heavy atom. The van der Waals surface area contributed by atoms with Crippen LogP contribution in [0.5, 0.6) is 11.6 Å². The van der Waals surface area contributed by atoms with E-state index in [0.717, 1.165) is 36.7 Å². The van der Waals surface area contributed by atoms with Gasteiger partial charge in [-0.15, -0.1) is 0 Å². The summed E-state index contributed by atoms with van der Waals surface area (Å²) < 4.78 is 62.7. The molecule has 0 saturated carbocycles. The first-order valence-electron chi connectivity index (χ1n) is 9.24. The molecule has 158 valence electrons. The van der Waals surface area contributed by atoms with E-state index < -0.39 is 34.4 Å². The maximum absolute atomic E-state index is 15.0. The second-order valence-corrected chi connectivity index (χ2v) is 7.09. The molecule has 2 aromatic carbocycles. The summed E-state index contributed by atoms with van der Waals surface area (Å²) >= 11 is 0. The molecule has 31 heavy (non-hydrogen) atoms. The molecule has 2 heterocycles. The molecule has 1 N–H and O–H groups in total.